The molecule has 0 aromatic carbocycles. The Morgan fingerprint density at radius 3 is 3.14 bits per heavy atom. The molecule has 0 aliphatic heterocycles. The molecule has 0 bridgehead atoms. The summed E-state index contributed by atoms with van der Waals surface area (Å²) in [6.45, 7) is 0.437. The maximum atomic E-state index is 5.65. The third-order valence-corrected chi connectivity index (χ3v) is 1.97. The van der Waals surface area contributed by atoms with E-state index in [1.807, 2.05) is 7.05 Å². The van der Waals surface area contributed by atoms with Gasteiger partial charge in [0.25, 0.3) is 0 Å². The molecule has 76 valence electrons. The molecule has 0 radical (unpaired) electrons. The number of rotatable bonds is 3. The second-order valence-corrected chi connectivity index (χ2v) is 3.45. The Bertz CT molecular complexity index is 337. The second-order valence-electron chi connectivity index (χ2n) is 3.45. The van der Waals surface area contributed by atoms with Crippen molar-refractivity contribution >= 4 is 5.96 Å². The van der Waals surface area contributed by atoms with Gasteiger partial charge < -0.3 is 11.1 Å². The van der Waals surface area contributed by atoms with E-state index in [1.54, 1.807) is 11.0 Å². The molecule has 2 rings (SSSR count). The van der Waals surface area contributed by atoms with E-state index in [4.69, 9.17) is 5.73 Å². The van der Waals surface area contributed by atoms with Crippen molar-refractivity contribution in [2.75, 3.05) is 0 Å². The van der Waals surface area contributed by atoms with Gasteiger partial charge in [-0.25, -0.2) is 9.98 Å². The molecule has 0 amide bonds. The lowest BCUT2D eigenvalue weighted by atomic mass is 10.6. The Morgan fingerprint density at radius 2 is 2.57 bits per heavy atom. The number of nitrogens with zero attached hydrogens (tertiary/aromatic N) is 4. The van der Waals surface area contributed by atoms with Crippen LogP contribution in [-0.4, -0.2) is 26.8 Å². The van der Waals surface area contributed by atoms with E-state index in [2.05, 4.69) is 20.4 Å². The fourth-order valence-corrected chi connectivity index (χ4v) is 1.09. The van der Waals surface area contributed by atoms with Gasteiger partial charge in [-0.15, -0.1) is 0 Å². The van der Waals surface area contributed by atoms with Crippen LogP contribution in [0.5, 0.6) is 0 Å². The standard InChI is InChI=1S/C8H14N6/c1-14-5-11-7(13-14)4-10-8(9)12-6-2-3-6/h5-6H,2-4H2,1H3,(H3,9,10,12). The van der Waals surface area contributed by atoms with E-state index < -0.39 is 0 Å². The molecule has 6 nitrogen and oxygen atoms in total. The van der Waals surface area contributed by atoms with Crippen molar-refractivity contribution in [2.45, 2.75) is 25.4 Å². The fraction of sp³-hybridized carbons (Fsp3) is 0.625. The topological polar surface area (TPSA) is 81.1 Å². The molecular formula is C8H14N6. The Kier molecular flexibility index (Phi) is 2.34. The monoisotopic (exact) mass is 194 g/mol. The van der Waals surface area contributed by atoms with E-state index >= 15 is 0 Å². The van der Waals surface area contributed by atoms with Gasteiger partial charge in [-0.05, 0) is 12.8 Å². The van der Waals surface area contributed by atoms with Gasteiger partial charge in [0.1, 0.15) is 12.9 Å². The summed E-state index contributed by atoms with van der Waals surface area (Å²) >= 11 is 0. The smallest absolute Gasteiger partial charge is 0.189 e. The SMILES string of the molecule is Cn1cnc(CN=C(N)NC2CC2)n1. The zero-order chi connectivity index (χ0) is 9.97. The van der Waals surface area contributed by atoms with Crippen molar-refractivity contribution in [3.05, 3.63) is 12.2 Å². The first kappa shape index (κ1) is 8.98. The molecule has 1 fully saturated rings. The van der Waals surface area contributed by atoms with Gasteiger partial charge in [-0.2, -0.15) is 5.10 Å². The lowest BCUT2D eigenvalue weighted by Crippen LogP contribution is -2.33. The third-order valence-electron chi connectivity index (χ3n) is 1.97. The molecule has 0 unspecified atom stereocenters. The summed E-state index contributed by atoms with van der Waals surface area (Å²) in [7, 11) is 1.83. The van der Waals surface area contributed by atoms with Crippen LogP contribution in [0, 0.1) is 0 Å². The number of guanidine groups is 1. The molecule has 0 atom stereocenters. The van der Waals surface area contributed by atoms with Gasteiger partial charge in [0, 0.05) is 13.1 Å². The van der Waals surface area contributed by atoms with Crippen molar-refractivity contribution in [1.29, 1.82) is 0 Å². The first-order valence-electron chi connectivity index (χ1n) is 4.65. The van der Waals surface area contributed by atoms with Crippen LogP contribution in [-0.2, 0) is 13.6 Å². The highest BCUT2D eigenvalue weighted by Gasteiger charge is 2.21. The van der Waals surface area contributed by atoms with Gasteiger partial charge >= 0.3 is 0 Å². The van der Waals surface area contributed by atoms with Crippen LogP contribution in [0.1, 0.15) is 18.7 Å². The van der Waals surface area contributed by atoms with E-state index in [9.17, 15) is 0 Å². The molecule has 0 spiro atoms. The van der Waals surface area contributed by atoms with Crippen molar-refractivity contribution in [3.63, 3.8) is 0 Å². The lowest BCUT2D eigenvalue weighted by molar-refractivity contribution is 0.741. The summed E-state index contributed by atoms with van der Waals surface area (Å²) in [6.07, 6.45) is 4.03. The first-order chi connectivity index (χ1) is 6.74. The molecule has 1 aliphatic rings. The Balaban J connectivity index is 1.84. The predicted octanol–water partition coefficient (Wildman–Crippen LogP) is -0.618. The van der Waals surface area contributed by atoms with Crippen LogP contribution >= 0.6 is 0 Å². The Labute approximate surface area is 82.2 Å². The minimum absolute atomic E-state index is 0.437. The zero-order valence-electron chi connectivity index (χ0n) is 8.14. The summed E-state index contributed by atoms with van der Waals surface area (Å²) < 4.78 is 1.65. The number of aliphatic imine (C=N–C) groups is 1. The Morgan fingerprint density at radius 1 is 1.79 bits per heavy atom. The van der Waals surface area contributed by atoms with E-state index in [1.165, 1.54) is 12.8 Å². The average molecular weight is 194 g/mol. The molecule has 1 aliphatic carbocycles. The second kappa shape index (κ2) is 3.65. The Hall–Kier alpha value is -1.59. The number of hydrogen-bond donors (Lipinski definition) is 2. The van der Waals surface area contributed by atoms with Crippen LogP contribution in [0.15, 0.2) is 11.3 Å². The highest BCUT2D eigenvalue weighted by molar-refractivity contribution is 5.78. The minimum Gasteiger partial charge on any atom is -0.370 e. The molecular weight excluding hydrogens is 180 g/mol. The van der Waals surface area contributed by atoms with Crippen LogP contribution in [0.4, 0.5) is 0 Å². The fourth-order valence-electron chi connectivity index (χ4n) is 1.09. The quantitative estimate of drug-likeness (QED) is 0.496. The lowest BCUT2D eigenvalue weighted by Gasteiger charge is -2.00. The molecule has 1 aromatic heterocycles. The summed E-state index contributed by atoms with van der Waals surface area (Å²) in [5.74, 6) is 1.17. The normalized spacial score (nSPS) is 17.1. The highest BCUT2D eigenvalue weighted by Crippen LogP contribution is 2.17. The maximum absolute atomic E-state index is 5.65. The molecule has 1 heterocycles. The molecule has 3 N–H and O–H groups in total. The van der Waals surface area contributed by atoms with Gasteiger partial charge in [0.15, 0.2) is 11.8 Å². The van der Waals surface area contributed by atoms with Crippen molar-refractivity contribution in [1.82, 2.24) is 20.1 Å². The molecule has 1 saturated carbocycles. The molecule has 0 saturated heterocycles. The van der Waals surface area contributed by atoms with Gasteiger partial charge in [-0.1, -0.05) is 0 Å². The van der Waals surface area contributed by atoms with Crippen molar-refractivity contribution in [2.24, 2.45) is 17.8 Å². The van der Waals surface area contributed by atoms with E-state index in [-0.39, 0.29) is 0 Å². The third kappa shape index (κ3) is 2.45. The largest absolute Gasteiger partial charge is 0.370 e. The van der Waals surface area contributed by atoms with E-state index in [0.717, 1.165) is 0 Å². The zero-order valence-corrected chi connectivity index (χ0v) is 8.14. The number of nitrogens with one attached hydrogen (secondary N) is 1. The van der Waals surface area contributed by atoms with Gasteiger partial charge in [0.05, 0.1) is 0 Å². The van der Waals surface area contributed by atoms with Crippen molar-refractivity contribution < 1.29 is 0 Å². The van der Waals surface area contributed by atoms with Crippen LogP contribution in [0.25, 0.3) is 0 Å². The molecule has 1 aromatic rings. The minimum atomic E-state index is 0.437. The number of nitrogens with two attached hydrogens (primary N) is 1. The highest BCUT2D eigenvalue weighted by atomic mass is 15.3. The summed E-state index contributed by atoms with van der Waals surface area (Å²) in [5, 5.41) is 7.19. The molecule has 6 heteroatoms. The maximum Gasteiger partial charge on any atom is 0.189 e. The number of aryl methyl sites for hydroxylation is 1. The van der Waals surface area contributed by atoms with Gasteiger partial charge in [-0.3, -0.25) is 4.68 Å². The molecule has 14 heavy (non-hydrogen) atoms. The number of aromatic nitrogens is 3. The summed E-state index contributed by atoms with van der Waals surface area (Å²) in [5.41, 5.74) is 5.65. The van der Waals surface area contributed by atoms with Crippen LogP contribution in [0.2, 0.25) is 0 Å². The van der Waals surface area contributed by atoms with E-state index in [0.29, 0.717) is 24.4 Å². The summed E-state index contributed by atoms with van der Waals surface area (Å²) in [6, 6.07) is 0.537. The first-order valence-corrected chi connectivity index (χ1v) is 4.65. The predicted molar refractivity (Wildman–Crippen MR) is 52.5 cm³/mol. The van der Waals surface area contributed by atoms with Crippen LogP contribution in [0.3, 0.4) is 0 Å². The number of hydrogen-bond acceptors (Lipinski definition) is 3. The van der Waals surface area contributed by atoms with Gasteiger partial charge in [0.2, 0.25) is 0 Å². The van der Waals surface area contributed by atoms with Crippen molar-refractivity contribution in [3.8, 4) is 0 Å². The summed E-state index contributed by atoms with van der Waals surface area (Å²) in [4.78, 5) is 8.18. The van der Waals surface area contributed by atoms with Crippen LogP contribution < -0.4 is 11.1 Å². The average Bonchev–Trinajstić information content (AvgIpc) is 2.85.